The van der Waals surface area contributed by atoms with Crippen LogP contribution in [0.15, 0.2) is 52.4 Å². The van der Waals surface area contributed by atoms with Crippen LogP contribution in [0.4, 0.5) is 4.39 Å². The zero-order chi connectivity index (χ0) is 19.3. The predicted molar refractivity (Wildman–Crippen MR) is 106 cm³/mol. The van der Waals surface area contributed by atoms with E-state index in [9.17, 15) is 9.18 Å². The molecule has 1 saturated heterocycles. The summed E-state index contributed by atoms with van der Waals surface area (Å²) < 4.78 is 18.7. The molecular weight excluding hydrogens is 377 g/mol. The molecule has 0 bridgehead atoms. The van der Waals surface area contributed by atoms with E-state index in [0.717, 1.165) is 38.3 Å². The van der Waals surface area contributed by atoms with Gasteiger partial charge in [0.2, 0.25) is 5.91 Å². The van der Waals surface area contributed by atoms with Crippen LogP contribution in [0.25, 0.3) is 11.3 Å². The highest BCUT2D eigenvalue weighted by molar-refractivity contribution is 7.09. The Labute approximate surface area is 167 Å². The number of halogens is 1. The van der Waals surface area contributed by atoms with Gasteiger partial charge in [-0.3, -0.25) is 9.69 Å². The lowest BCUT2D eigenvalue weighted by Crippen LogP contribution is -2.48. The summed E-state index contributed by atoms with van der Waals surface area (Å²) in [5.41, 5.74) is 0.772. The van der Waals surface area contributed by atoms with Gasteiger partial charge in [0.15, 0.2) is 11.7 Å². The van der Waals surface area contributed by atoms with Gasteiger partial charge in [-0.2, -0.15) is 0 Å². The molecule has 146 valence electrons. The zero-order valence-electron chi connectivity index (χ0n) is 15.5. The Morgan fingerprint density at radius 1 is 1.14 bits per heavy atom. The molecule has 5 nitrogen and oxygen atoms in total. The monoisotopic (exact) mass is 399 g/mol. The molecule has 1 aromatic carbocycles. The Balaban J connectivity index is 1.24. The Kier molecular flexibility index (Phi) is 5.83. The molecular formula is C21H22FN3O2S. The predicted octanol–water partition coefficient (Wildman–Crippen LogP) is 3.82. The van der Waals surface area contributed by atoms with E-state index < -0.39 is 0 Å². The molecule has 28 heavy (non-hydrogen) atoms. The molecule has 0 spiro atoms. The molecule has 3 aromatic rings. The van der Waals surface area contributed by atoms with Gasteiger partial charge in [-0.05, 0) is 35.7 Å². The van der Waals surface area contributed by atoms with Crippen molar-refractivity contribution >= 4 is 17.2 Å². The van der Waals surface area contributed by atoms with Gasteiger partial charge in [0.25, 0.3) is 0 Å². The van der Waals surface area contributed by atoms with E-state index in [0.29, 0.717) is 24.5 Å². The van der Waals surface area contributed by atoms with Crippen molar-refractivity contribution in [3.8, 4) is 11.3 Å². The summed E-state index contributed by atoms with van der Waals surface area (Å²) in [7, 11) is 0. The molecule has 0 N–H and O–H groups in total. The highest BCUT2D eigenvalue weighted by Crippen LogP contribution is 2.21. The third-order valence-electron chi connectivity index (χ3n) is 4.92. The minimum absolute atomic E-state index is 0.136. The fraction of sp³-hybridized carbons (Fsp3) is 0.333. The average molecular weight is 399 g/mol. The van der Waals surface area contributed by atoms with E-state index in [2.05, 4.69) is 27.4 Å². The molecule has 0 atom stereocenters. The molecule has 0 unspecified atom stereocenters. The molecule has 1 aliphatic heterocycles. The van der Waals surface area contributed by atoms with E-state index >= 15 is 0 Å². The normalized spacial score (nSPS) is 15.1. The number of amides is 1. The average Bonchev–Trinajstić information content (AvgIpc) is 3.39. The summed E-state index contributed by atoms with van der Waals surface area (Å²) in [5.74, 6) is 0.968. The van der Waals surface area contributed by atoms with Gasteiger partial charge in [-0.1, -0.05) is 6.07 Å². The Bertz CT molecular complexity index is 900. The second-order valence-corrected chi connectivity index (χ2v) is 7.89. The molecule has 1 amide bonds. The number of thiophene rings is 1. The van der Waals surface area contributed by atoms with Crippen LogP contribution in [0.3, 0.4) is 0 Å². The summed E-state index contributed by atoms with van der Waals surface area (Å²) in [6.45, 7) is 4.28. The lowest BCUT2D eigenvalue weighted by atomic mass is 10.2. The Morgan fingerprint density at radius 2 is 1.93 bits per heavy atom. The van der Waals surface area contributed by atoms with Crippen molar-refractivity contribution in [2.24, 2.45) is 0 Å². The highest BCUT2D eigenvalue weighted by atomic mass is 32.1. The quantitative estimate of drug-likeness (QED) is 0.632. The summed E-state index contributed by atoms with van der Waals surface area (Å²) in [6, 6.07) is 10.3. The molecule has 7 heteroatoms. The Morgan fingerprint density at radius 3 is 2.64 bits per heavy atom. The van der Waals surface area contributed by atoms with Crippen molar-refractivity contribution in [1.29, 1.82) is 0 Å². The first-order valence-corrected chi connectivity index (χ1v) is 10.3. The lowest BCUT2D eigenvalue weighted by molar-refractivity contribution is -0.133. The number of aryl methyl sites for hydroxylation is 1. The maximum absolute atomic E-state index is 13.0. The number of aromatic nitrogens is 1. The van der Waals surface area contributed by atoms with Crippen LogP contribution in [0, 0.1) is 5.82 Å². The van der Waals surface area contributed by atoms with Gasteiger partial charge in [-0.15, -0.1) is 11.3 Å². The summed E-state index contributed by atoms with van der Waals surface area (Å²) in [4.78, 5) is 22.4. The fourth-order valence-electron chi connectivity index (χ4n) is 3.32. The van der Waals surface area contributed by atoms with Gasteiger partial charge in [-0.25, -0.2) is 9.37 Å². The number of rotatable bonds is 6. The van der Waals surface area contributed by atoms with Crippen molar-refractivity contribution < 1.29 is 13.6 Å². The minimum atomic E-state index is -0.287. The van der Waals surface area contributed by atoms with Crippen LogP contribution >= 0.6 is 11.3 Å². The third kappa shape index (κ3) is 4.66. The summed E-state index contributed by atoms with van der Waals surface area (Å²) in [5, 5.41) is 2.10. The van der Waals surface area contributed by atoms with E-state index in [-0.39, 0.29) is 11.7 Å². The number of hydrogen-bond donors (Lipinski definition) is 0. The molecule has 0 aliphatic carbocycles. The maximum atomic E-state index is 13.0. The van der Waals surface area contributed by atoms with Gasteiger partial charge in [0, 0.05) is 56.0 Å². The van der Waals surface area contributed by atoms with Gasteiger partial charge >= 0.3 is 0 Å². The number of carbonyl (C=O) groups is 1. The molecule has 1 aliphatic rings. The number of carbonyl (C=O) groups excluding carboxylic acids is 1. The summed E-state index contributed by atoms with van der Waals surface area (Å²) >= 11 is 1.77. The standard InChI is InChI=1S/C21H22FN3O2S/c22-17-5-3-16(4-6-17)19-14-23-20(27-19)7-8-21(26)25-11-9-24(10-12-25)15-18-2-1-13-28-18/h1-6,13-14H,7-12,15H2. The summed E-state index contributed by atoms with van der Waals surface area (Å²) in [6.07, 6.45) is 2.47. The van der Waals surface area contributed by atoms with Crippen LogP contribution in [0.1, 0.15) is 17.2 Å². The van der Waals surface area contributed by atoms with Crippen molar-refractivity contribution in [3.63, 3.8) is 0 Å². The van der Waals surface area contributed by atoms with Gasteiger partial charge in [0.05, 0.1) is 6.20 Å². The third-order valence-corrected chi connectivity index (χ3v) is 5.78. The van der Waals surface area contributed by atoms with Gasteiger partial charge in [0.1, 0.15) is 5.82 Å². The molecule has 3 heterocycles. The smallest absolute Gasteiger partial charge is 0.223 e. The van der Waals surface area contributed by atoms with Crippen LogP contribution in [0.5, 0.6) is 0 Å². The first kappa shape index (κ1) is 18.8. The maximum Gasteiger partial charge on any atom is 0.223 e. The van der Waals surface area contributed by atoms with E-state index in [1.54, 1.807) is 29.7 Å². The molecule has 4 rings (SSSR count). The molecule has 0 saturated carbocycles. The van der Waals surface area contributed by atoms with Crippen LogP contribution in [0.2, 0.25) is 0 Å². The van der Waals surface area contributed by atoms with Crippen LogP contribution in [-0.4, -0.2) is 46.9 Å². The second-order valence-electron chi connectivity index (χ2n) is 6.86. The van der Waals surface area contributed by atoms with Crippen molar-refractivity contribution in [3.05, 3.63) is 64.6 Å². The van der Waals surface area contributed by atoms with E-state index in [4.69, 9.17) is 4.42 Å². The van der Waals surface area contributed by atoms with Crippen molar-refractivity contribution in [1.82, 2.24) is 14.8 Å². The largest absolute Gasteiger partial charge is 0.441 e. The number of nitrogens with zero attached hydrogens (tertiary/aromatic N) is 3. The molecule has 0 radical (unpaired) electrons. The number of piperazine rings is 1. The number of hydrogen-bond acceptors (Lipinski definition) is 5. The highest BCUT2D eigenvalue weighted by Gasteiger charge is 2.21. The lowest BCUT2D eigenvalue weighted by Gasteiger charge is -2.34. The van der Waals surface area contributed by atoms with Crippen molar-refractivity contribution in [2.75, 3.05) is 26.2 Å². The van der Waals surface area contributed by atoms with E-state index in [1.165, 1.54) is 17.0 Å². The van der Waals surface area contributed by atoms with Crippen LogP contribution < -0.4 is 0 Å². The van der Waals surface area contributed by atoms with E-state index in [1.807, 2.05) is 4.90 Å². The first-order valence-electron chi connectivity index (χ1n) is 9.40. The fourth-order valence-corrected chi connectivity index (χ4v) is 4.07. The Hall–Kier alpha value is -2.51. The SMILES string of the molecule is O=C(CCc1ncc(-c2ccc(F)cc2)o1)N1CCN(Cc2cccs2)CC1. The first-order chi connectivity index (χ1) is 13.7. The van der Waals surface area contributed by atoms with Crippen LogP contribution in [-0.2, 0) is 17.8 Å². The van der Waals surface area contributed by atoms with Gasteiger partial charge < -0.3 is 9.32 Å². The number of oxazole rings is 1. The number of benzene rings is 1. The zero-order valence-corrected chi connectivity index (χ0v) is 16.3. The second kappa shape index (κ2) is 8.67. The molecule has 2 aromatic heterocycles. The molecule has 1 fully saturated rings. The topological polar surface area (TPSA) is 49.6 Å². The van der Waals surface area contributed by atoms with Crippen molar-refractivity contribution in [2.45, 2.75) is 19.4 Å². The minimum Gasteiger partial charge on any atom is -0.441 e.